The maximum atomic E-state index is 10.9. The van der Waals surface area contributed by atoms with Crippen LogP contribution in [0.5, 0.6) is 0 Å². The van der Waals surface area contributed by atoms with Crippen LogP contribution in [0.15, 0.2) is 0 Å². The van der Waals surface area contributed by atoms with E-state index in [9.17, 15) is 4.79 Å². The zero-order valence-corrected chi connectivity index (χ0v) is 6.17. The highest BCUT2D eigenvalue weighted by atomic mass is 16.5. The largest absolute Gasteiger partial charge is 0.465 e. The number of cyclic esters (lactones) is 1. The third-order valence-corrected chi connectivity index (χ3v) is 2.64. The topological polar surface area (TPSA) is 26.3 Å². The summed E-state index contributed by atoms with van der Waals surface area (Å²) in [5.74, 6) is 1.65. The lowest BCUT2D eigenvalue weighted by Crippen LogP contribution is -2.04. The van der Waals surface area contributed by atoms with E-state index in [-0.39, 0.29) is 5.97 Å². The number of rotatable bonds is 2. The Balaban J connectivity index is 1.92. The first-order chi connectivity index (χ1) is 4.84. The molecule has 2 heteroatoms. The molecule has 0 aromatic heterocycles. The standard InChI is InChI=1S/C8H12O2/c1-2-3-5-6-4-10-8(9)7(5)6/h5-7H,2-4H2,1H3/t5-,6+,7?/m1/s1. The fourth-order valence-corrected chi connectivity index (χ4v) is 2.02. The van der Waals surface area contributed by atoms with E-state index >= 15 is 0 Å². The number of carbonyl (C=O) groups excluding carboxylic acids is 1. The molecule has 0 aromatic rings. The number of fused-ring (bicyclic) bond motifs is 1. The molecule has 1 unspecified atom stereocenters. The van der Waals surface area contributed by atoms with Gasteiger partial charge in [0.25, 0.3) is 0 Å². The van der Waals surface area contributed by atoms with Crippen LogP contribution < -0.4 is 0 Å². The van der Waals surface area contributed by atoms with Crippen molar-refractivity contribution in [1.29, 1.82) is 0 Å². The minimum atomic E-state index is 0.0588. The molecule has 1 aliphatic heterocycles. The average Bonchev–Trinajstić information content (AvgIpc) is 2.45. The fraction of sp³-hybridized carbons (Fsp3) is 0.875. The molecule has 1 saturated carbocycles. The van der Waals surface area contributed by atoms with Gasteiger partial charge in [-0.25, -0.2) is 0 Å². The van der Waals surface area contributed by atoms with E-state index in [2.05, 4.69) is 6.92 Å². The van der Waals surface area contributed by atoms with Gasteiger partial charge in [-0.15, -0.1) is 0 Å². The molecule has 1 heterocycles. The molecule has 0 N–H and O–H groups in total. The van der Waals surface area contributed by atoms with Crippen molar-refractivity contribution in [2.75, 3.05) is 6.61 Å². The quantitative estimate of drug-likeness (QED) is 0.539. The van der Waals surface area contributed by atoms with Crippen LogP contribution >= 0.6 is 0 Å². The Labute approximate surface area is 60.6 Å². The molecule has 10 heavy (non-hydrogen) atoms. The Hall–Kier alpha value is -0.530. The Morgan fingerprint density at radius 3 is 3.00 bits per heavy atom. The number of hydrogen-bond acceptors (Lipinski definition) is 2. The van der Waals surface area contributed by atoms with E-state index < -0.39 is 0 Å². The Morgan fingerprint density at radius 1 is 1.70 bits per heavy atom. The van der Waals surface area contributed by atoms with E-state index in [0.29, 0.717) is 24.4 Å². The molecule has 0 radical (unpaired) electrons. The van der Waals surface area contributed by atoms with Crippen molar-refractivity contribution in [2.45, 2.75) is 19.8 Å². The molecular weight excluding hydrogens is 128 g/mol. The van der Waals surface area contributed by atoms with Gasteiger partial charge >= 0.3 is 5.97 Å². The zero-order valence-electron chi connectivity index (χ0n) is 6.17. The van der Waals surface area contributed by atoms with Crippen LogP contribution in [0.25, 0.3) is 0 Å². The van der Waals surface area contributed by atoms with Gasteiger partial charge in [0.2, 0.25) is 0 Å². The van der Waals surface area contributed by atoms with Crippen LogP contribution in [-0.2, 0) is 9.53 Å². The van der Waals surface area contributed by atoms with E-state index in [1.54, 1.807) is 0 Å². The van der Waals surface area contributed by atoms with Crippen molar-refractivity contribution in [3.05, 3.63) is 0 Å². The van der Waals surface area contributed by atoms with E-state index in [4.69, 9.17) is 4.74 Å². The maximum absolute atomic E-state index is 10.9. The molecular formula is C8H12O2. The van der Waals surface area contributed by atoms with Crippen LogP contribution in [0, 0.1) is 17.8 Å². The monoisotopic (exact) mass is 140 g/mol. The van der Waals surface area contributed by atoms with E-state index in [1.165, 1.54) is 12.8 Å². The molecule has 1 saturated heterocycles. The van der Waals surface area contributed by atoms with E-state index in [1.807, 2.05) is 0 Å². The normalized spacial score (nSPS) is 42.9. The van der Waals surface area contributed by atoms with Crippen molar-refractivity contribution in [2.24, 2.45) is 17.8 Å². The summed E-state index contributed by atoms with van der Waals surface area (Å²) < 4.78 is 4.85. The Morgan fingerprint density at radius 2 is 2.50 bits per heavy atom. The molecule has 2 rings (SSSR count). The lowest BCUT2D eigenvalue weighted by atomic mass is 10.2. The smallest absolute Gasteiger partial charge is 0.309 e. The highest BCUT2D eigenvalue weighted by Crippen LogP contribution is 2.53. The summed E-state index contributed by atoms with van der Waals surface area (Å²) in [7, 11) is 0. The van der Waals surface area contributed by atoms with Crippen molar-refractivity contribution >= 4 is 5.97 Å². The van der Waals surface area contributed by atoms with Crippen molar-refractivity contribution in [1.82, 2.24) is 0 Å². The van der Waals surface area contributed by atoms with Crippen LogP contribution in [0.2, 0.25) is 0 Å². The first kappa shape index (κ1) is 6.20. The summed E-state index contributed by atoms with van der Waals surface area (Å²) in [5, 5.41) is 0. The number of hydrogen-bond donors (Lipinski definition) is 0. The molecule has 0 bridgehead atoms. The highest BCUT2D eigenvalue weighted by molar-refractivity contribution is 5.78. The summed E-state index contributed by atoms with van der Waals surface area (Å²) in [6.45, 7) is 2.87. The summed E-state index contributed by atoms with van der Waals surface area (Å²) in [4.78, 5) is 10.9. The van der Waals surface area contributed by atoms with Gasteiger partial charge in [-0.05, 0) is 12.3 Å². The average molecular weight is 140 g/mol. The fourth-order valence-electron chi connectivity index (χ4n) is 2.02. The second kappa shape index (κ2) is 1.97. The van der Waals surface area contributed by atoms with Gasteiger partial charge < -0.3 is 4.74 Å². The van der Waals surface area contributed by atoms with Crippen LogP contribution in [0.1, 0.15) is 19.8 Å². The zero-order chi connectivity index (χ0) is 7.14. The third-order valence-electron chi connectivity index (χ3n) is 2.64. The predicted octanol–water partition coefficient (Wildman–Crippen LogP) is 1.21. The van der Waals surface area contributed by atoms with Gasteiger partial charge in [-0.1, -0.05) is 13.3 Å². The van der Waals surface area contributed by atoms with Gasteiger partial charge in [0.15, 0.2) is 0 Å². The molecule has 3 atom stereocenters. The number of ether oxygens (including phenoxy) is 1. The molecule has 2 nitrogen and oxygen atoms in total. The minimum absolute atomic E-state index is 0.0588. The molecule has 2 aliphatic rings. The van der Waals surface area contributed by atoms with Gasteiger partial charge in [0.05, 0.1) is 12.5 Å². The molecule has 0 amide bonds. The molecule has 56 valence electrons. The first-order valence-electron chi connectivity index (χ1n) is 4.01. The van der Waals surface area contributed by atoms with Gasteiger partial charge in [0, 0.05) is 5.92 Å². The van der Waals surface area contributed by atoms with E-state index in [0.717, 1.165) is 0 Å². The highest BCUT2D eigenvalue weighted by Gasteiger charge is 2.59. The van der Waals surface area contributed by atoms with Gasteiger partial charge in [-0.2, -0.15) is 0 Å². The Kier molecular flexibility index (Phi) is 1.22. The summed E-state index contributed by atoms with van der Waals surface area (Å²) in [6.07, 6.45) is 2.41. The third kappa shape index (κ3) is 0.678. The SMILES string of the molecule is CCC[C@H]1C2C(=O)OC[C@H]21. The predicted molar refractivity (Wildman–Crippen MR) is 36.3 cm³/mol. The maximum Gasteiger partial charge on any atom is 0.309 e. The minimum Gasteiger partial charge on any atom is -0.465 e. The van der Waals surface area contributed by atoms with Crippen LogP contribution in [0.4, 0.5) is 0 Å². The second-order valence-corrected chi connectivity index (χ2v) is 3.27. The second-order valence-electron chi connectivity index (χ2n) is 3.27. The van der Waals surface area contributed by atoms with Crippen LogP contribution in [-0.4, -0.2) is 12.6 Å². The van der Waals surface area contributed by atoms with Crippen molar-refractivity contribution in [3.8, 4) is 0 Å². The van der Waals surface area contributed by atoms with Crippen LogP contribution in [0.3, 0.4) is 0 Å². The number of esters is 1. The van der Waals surface area contributed by atoms with Crippen molar-refractivity contribution in [3.63, 3.8) is 0 Å². The molecule has 0 aromatic carbocycles. The summed E-state index contributed by atoms with van der Waals surface area (Å²) in [5.41, 5.74) is 0. The Bertz CT molecular complexity index is 165. The lowest BCUT2D eigenvalue weighted by Gasteiger charge is -2.00. The first-order valence-corrected chi connectivity index (χ1v) is 4.01. The lowest BCUT2D eigenvalue weighted by molar-refractivity contribution is -0.141. The molecule has 0 spiro atoms. The van der Waals surface area contributed by atoms with Crippen molar-refractivity contribution < 1.29 is 9.53 Å². The molecule has 1 aliphatic carbocycles. The summed E-state index contributed by atoms with van der Waals surface area (Å²) in [6, 6.07) is 0. The van der Waals surface area contributed by atoms with Gasteiger partial charge in [-0.3, -0.25) is 4.79 Å². The van der Waals surface area contributed by atoms with Gasteiger partial charge in [0.1, 0.15) is 0 Å². The number of carbonyl (C=O) groups is 1. The summed E-state index contributed by atoms with van der Waals surface area (Å²) >= 11 is 0. The molecule has 2 fully saturated rings.